The molecule has 2 amide bonds. The molecule has 2 unspecified atom stereocenters. The van der Waals surface area contributed by atoms with Gasteiger partial charge in [-0.2, -0.15) is 0 Å². The lowest BCUT2D eigenvalue weighted by Crippen LogP contribution is -2.55. The summed E-state index contributed by atoms with van der Waals surface area (Å²) in [6.45, 7) is 2.74. The van der Waals surface area contributed by atoms with E-state index in [1.165, 1.54) is 0 Å². The Morgan fingerprint density at radius 1 is 1.13 bits per heavy atom. The molecule has 23 heavy (non-hydrogen) atoms. The summed E-state index contributed by atoms with van der Waals surface area (Å²) in [5, 5.41) is 0. The van der Waals surface area contributed by atoms with Gasteiger partial charge in [0.25, 0.3) is 0 Å². The van der Waals surface area contributed by atoms with E-state index in [1.807, 2.05) is 17.0 Å². The average Bonchev–Trinajstić information content (AvgIpc) is 2.87. The van der Waals surface area contributed by atoms with Crippen LogP contribution in [0.25, 0.3) is 0 Å². The molecule has 0 saturated carbocycles. The summed E-state index contributed by atoms with van der Waals surface area (Å²) in [5.74, 6) is 0.873. The molecule has 0 spiro atoms. The Labute approximate surface area is 136 Å². The SMILES string of the molecule is O=C(N1CCOCC1)N1C2CCC1CC(Oc1ccncc1)C2. The molecular weight excluding hydrogens is 294 g/mol. The van der Waals surface area contributed by atoms with Gasteiger partial charge in [-0.05, 0) is 25.0 Å². The highest BCUT2D eigenvalue weighted by atomic mass is 16.5. The number of pyridine rings is 1. The Hall–Kier alpha value is -1.82. The summed E-state index contributed by atoms with van der Waals surface area (Å²) in [4.78, 5) is 20.9. The number of aromatic nitrogens is 1. The predicted molar refractivity (Wildman–Crippen MR) is 84.3 cm³/mol. The number of ether oxygens (including phenoxy) is 2. The van der Waals surface area contributed by atoms with Crippen LogP contribution < -0.4 is 4.74 Å². The molecule has 1 aromatic rings. The third-order valence-electron chi connectivity index (χ3n) is 5.14. The number of amides is 2. The Morgan fingerprint density at radius 3 is 2.43 bits per heavy atom. The lowest BCUT2D eigenvalue weighted by molar-refractivity contribution is 0.0211. The van der Waals surface area contributed by atoms with Crippen LogP contribution >= 0.6 is 0 Å². The van der Waals surface area contributed by atoms with Gasteiger partial charge in [-0.25, -0.2) is 4.79 Å². The fourth-order valence-electron chi connectivity index (χ4n) is 4.06. The van der Waals surface area contributed by atoms with Crippen LogP contribution in [0.15, 0.2) is 24.5 Å². The zero-order valence-corrected chi connectivity index (χ0v) is 13.3. The van der Waals surface area contributed by atoms with Crippen molar-refractivity contribution in [3.8, 4) is 5.75 Å². The minimum absolute atomic E-state index is 0.197. The summed E-state index contributed by atoms with van der Waals surface area (Å²) >= 11 is 0. The number of carbonyl (C=O) groups is 1. The molecule has 4 rings (SSSR count). The third kappa shape index (κ3) is 3.00. The molecule has 2 atom stereocenters. The maximum absolute atomic E-state index is 12.8. The molecular formula is C17H23N3O3. The number of rotatable bonds is 2. The van der Waals surface area contributed by atoms with Crippen molar-refractivity contribution in [1.29, 1.82) is 0 Å². The van der Waals surface area contributed by atoms with Gasteiger partial charge in [-0.1, -0.05) is 0 Å². The number of urea groups is 1. The van der Waals surface area contributed by atoms with Crippen molar-refractivity contribution >= 4 is 6.03 Å². The molecule has 1 aromatic heterocycles. The molecule has 3 aliphatic rings. The van der Waals surface area contributed by atoms with Gasteiger partial charge < -0.3 is 19.3 Å². The summed E-state index contributed by atoms with van der Waals surface area (Å²) in [5.41, 5.74) is 0. The number of fused-ring (bicyclic) bond motifs is 2. The number of piperidine rings is 1. The molecule has 3 fully saturated rings. The largest absolute Gasteiger partial charge is 0.490 e. The minimum atomic E-state index is 0.197. The Morgan fingerprint density at radius 2 is 1.78 bits per heavy atom. The molecule has 6 nitrogen and oxygen atoms in total. The van der Waals surface area contributed by atoms with Gasteiger partial charge in [0.1, 0.15) is 11.9 Å². The number of hydrogen-bond donors (Lipinski definition) is 0. The molecule has 2 bridgehead atoms. The first kappa shape index (κ1) is 14.8. The maximum atomic E-state index is 12.8. The van der Waals surface area contributed by atoms with E-state index in [0.29, 0.717) is 38.4 Å². The molecule has 4 heterocycles. The Balaban J connectivity index is 1.40. The second kappa shape index (κ2) is 6.35. The maximum Gasteiger partial charge on any atom is 0.320 e. The van der Waals surface area contributed by atoms with Crippen LogP contribution in [0.2, 0.25) is 0 Å². The fraction of sp³-hybridized carbons (Fsp3) is 0.647. The zero-order valence-electron chi connectivity index (χ0n) is 13.3. The van der Waals surface area contributed by atoms with Crippen molar-refractivity contribution in [3.63, 3.8) is 0 Å². The number of nitrogens with zero attached hydrogens (tertiary/aromatic N) is 3. The number of morpholine rings is 1. The predicted octanol–water partition coefficient (Wildman–Crippen LogP) is 1.91. The summed E-state index contributed by atoms with van der Waals surface area (Å²) in [6, 6.07) is 4.62. The monoisotopic (exact) mass is 317 g/mol. The van der Waals surface area contributed by atoms with Gasteiger partial charge in [0, 0.05) is 50.4 Å². The molecule has 0 N–H and O–H groups in total. The lowest BCUT2D eigenvalue weighted by atomic mass is 10.00. The number of hydrogen-bond acceptors (Lipinski definition) is 4. The lowest BCUT2D eigenvalue weighted by Gasteiger charge is -2.42. The van der Waals surface area contributed by atoms with E-state index < -0.39 is 0 Å². The molecule has 3 aliphatic heterocycles. The van der Waals surface area contributed by atoms with Crippen LogP contribution in [0, 0.1) is 0 Å². The zero-order chi connectivity index (χ0) is 15.6. The second-order valence-electron chi connectivity index (χ2n) is 6.57. The number of carbonyl (C=O) groups excluding carboxylic acids is 1. The quantitative estimate of drug-likeness (QED) is 0.836. The van der Waals surface area contributed by atoms with Crippen molar-refractivity contribution in [2.75, 3.05) is 26.3 Å². The van der Waals surface area contributed by atoms with Crippen LogP contribution in [0.3, 0.4) is 0 Å². The van der Waals surface area contributed by atoms with Gasteiger partial charge in [0.15, 0.2) is 0 Å². The van der Waals surface area contributed by atoms with Crippen LogP contribution in [-0.4, -0.2) is 65.3 Å². The average molecular weight is 317 g/mol. The van der Waals surface area contributed by atoms with E-state index in [0.717, 1.165) is 31.4 Å². The van der Waals surface area contributed by atoms with Crippen molar-refractivity contribution in [2.24, 2.45) is 0 Å². The topological polar surface area (TPSA) is 54.9 Å². The van der Waals surface area contributed by atoms with E-state index in [4.69, 9.17) is 9.47 Å². The van der Waals surface area contributed by atoms with Gasteiger partial charge in [-0.15, -0.1) is 0 Å². The Bertz CT molecular complexity index is 533. The van der Waals surface area contributed by atoms with Crippen LogP contribution in [0.5, 0.6) is 5.75 Å². The van der Waals surface area contributed by atoms with Gasteiger partial charge in [0.2, 0.25) is 0 Å². The third-order valence-corrected chi connectivity index (χ3v) is 5.14. The Kier molecular flexibility index (Phi) is 4.08. The van der Waals surface area contributed by atoms with Crippen molar-refractivity contribution in [2.45, 2.75) is 43.9 Å². The standard InChI is InChI=1S/C17H23N3O3/c21-17(19-7-9-22-10-8-19)20-13-1-2-14(20)12-16(11-13)23-15-3-5-18-6-4-15/h3-6,13-14,16H,1-2,7-12H2. The summed E-state index contributed by atoms with van der Waals surface area (Å²) in [6.07, 6.45) is 7.74. The normalized spacial score (nSPS) is 30.3. The van der Waals surface area contributed by atoms with Crippen molar-refractivity contribution < 1.29 is 14.3 Å². The smallest absolute Gasteiger partial charge is 0.320 e. The molecule has 124 valence electrons. The van der Waals surface area contributed by atoms with Gasteiger partial charge in [0.05, 0.1) is 13.2 Å². The first-order valence-electron chi connectivity index (χ1n) is 8.53. The molecule has 0 aliphatic carbocycles. The van der Waals surface area contributed by atoms with Crippen LogP contribution in [0.4, 0.5) is 4.79 Å². The van der Waals surface area contributed by atoms with E-state index in [-0.39, 0.29) is 12.1 Å². The second-order valence-corrected chi connectivity index (χ2v) is 6.57. The van der Waals surface area contributed by atoms with Gasteiger partial charge >= 0.3 is 6.03 Å². The van der Waals surface area contributed by atoms with E-state index in [2.05, 4.69) is 9.88 Å². The van der Waals surface area contributed by atoms with E-state index in [1.54, 1.807) is 12.4 Å². The minimum Gasteiger partial charge on any atom is -0.490 e. The highest BCUT2D eigenvalue weighted by molar-refractivity contribution is 5.76. The molecule has 3 saturated heterocycles. The van der Waals surface area contributed by atoms with Crippen molar-refractivity contribution in [1.82, 2.24) is 14.8 Å². The first-order chi connectivity index (χ1) is 11.3. The van der Waals surface area contributed by atoms with Gasteiger partial charge in [-0.3, -0.25) is 4.98 Å². The summed E-state index contributed by atoms with van der Waals surface area (Å²) in [7, 11) is 0. The van der Waals surface area contributed by atoms with Crippen LogP contribution in [-0.2, 0) is 4.74 Å². The molecule has 6 heteroatoms. The highest BCUT2D eigenvalue weighted by Gasteiger charge is 2.45. The van der Waals surface area contributed by atoms with Crippen LogP contribution in [0.1, 0.15) is 25.7 Å². The molecule has 0 radical (unpaired) electrons. The van der Waals surface area contributed by atoms with Crippen molar-refractivity contribution in [3.05, 3.63) is 24.5 Å². The highest BCUT2D eigenvalue weighted by Crippen LogP contribution is 2.38. The fourth-order valence-corrected chi connectivity index (χ4v) is 4.06. The first-order valence-corrected chi connectivity index (χ1v) is 8.53. The van der Waals surface area contributed by atoms with E-state index in [9.17, 15) is 4.79 Å². The summed E-state index contributed by atoms with van der Waals surface area (Å²) < 4.78 is 11.5. The molecule has 0 aromatic carbocycles. The van der Waals surface area contributed by atoms with E-state index >= 15 is 0 Å².